The average molecular weight is 193 g/mol. The van der Waals surface area contributed by atoms with Crippen molar-refractivity contribution in [3.8, 4) is 0 Å². The lowest BCUT2D eigenvalue weighted by atomic mass is 10.2. The molecule has 0 aromatic carbocycles. The van der Waals surface area contributed by atoms with Gasteiger partial charge in [0.05, 0.1) is 13.4 Å². The first-order valence-corrected chi connectivity index (χ1v) is 4.79. The Balaban J connectivity index is 3.93. The second kappa shape index (κ2) is 9.85. The molecule has 0 aromatic rings. The zero-order valence-electron chi connectivity index (χ0n) is 8.99. The molecule has 0 bridgehead atoms. The molecule has 0 rings (SSSR count). The van der Waals surface area contributed by atoms with Crippen LogP contribution < -0.4 is 5.73 Å². The Bertz CT molecular complexity index is 245. The van der Waals surface area contributed by atoms with Crippen LogP contribution in [0.4, 0.5) is 0 Å². The monoisotopic (exact) mass is 193 g/mol. The lowest BCUT2D eigenvalue weighted by Crippen LogP contribution is -1.99. The van der Waals surface area contributed by atoms with E-state index in [0.29, 0.717) is 6.54 Å². The van der Waals surface area contributed by atoms with Gasteiger partial charge in [-0.25, -0.2) is 0 Å². The highest BCUT2D eigenvalue weighted by atomic mass is 16.5. The maximum atomic E-state index is 5.52. The van der Waals surface area contributed by atoms with E-state index in [1.165, 1.54) is 0 Å². The van der Waals surface area contributed by atoms with Gasteiger partial charge in [-0.2, -0.15) is 0 Å². The number of ether oxygens (including phenoxy) is 1. The van der Waals surface area contributed by atoms with E-state index < -0.39 is 0 Å². The molecule has 0 heterocycles. The quantitative estimate of drug-likeness (QED) is 0.304. The van der Waals surface area contributed by atoms with Crippen molar-refractivity contribution in [1.29, 1.82) is 0 Å². The molecule has 0 unspecified atom stereocenters. The lowest BCUT2D eigenvalue weighted by Gasteiger charge is -1.90. The van der Waals surface area contributed by atoms with E-state index >= 15 is 0 Å². The van der Waals surface area contributed by atoms with E-state index in [2.05, 4.69) is 5.73 Å². The lowest BCUT2D eigenvalue weighted by molar-refractivity contribution is 0.336. The van der Waals surface area contributed by atoms with E-state index in [4.69, 9.17) is 10.5 Å². The van der Waals surface area contributed by atoms with E-state index in [0.717, 1.165) is 18.4 Å². The summed E-state index contributed by atoms with van der Waals surface area (Å²) in [6, 6.07) is 0. The summed E-state index contributed by atoms with van der Waals surface area (Å²) < 4.78 is 4.78. The van der Waals surface area contributed by atoms with Crippen molar-refractivity contribution in [3.63, 3.8) is 0 Å². The fourth-order valence-electron chi connectivity index (χ4n) is 0.923. The van der Waals surface area contributed by atoms with E-state index in [-0.39, 0.29) is 0 Å². The molecule has 78 valence electrons. The molecular formula is C12H19NO. The van der Waals surface area contributed by atoms with Crippen molar-refractivity contribution in [3.05, 3.63) is 41.9 Å². The summed E-state index contributed by atoms with van der Waals surface area (Å²) in [5, 5.41) is 0. The highest BCUT2D eigenvalue weighted by Crippen LogP contribution is 1.95. The molecule has 2 nitrogen and oxygen atoms in total. The normalized spacial score (nSPS) is 10.5. The van der Waals surface area contributed by atoms with E-state index in [9.17, 15) is 0 Å². The highest BCUT2D eigenvalue weighted by molar-refractivity contribution is 5.18. The van der Waals surface area contributed by atoms with Gasteiger partial charge in [-0.1, -0.05) is 12.2 Å². The van der Waals surface area contributed by atoms with Crippen LogP contribution in [0.2, 0.25) is 0 Å². The number of hydrogen-bond donors (Lipinski definition) is 1. The zero-order chi connectivity index (χ0) is 10.6. The molecule has 2 N–H and O–H groups in total. The van der Waals surface area contributed by atoms with Gasteiger partial charge in [0.25, 0.3) is 0 Å². The van der Waals surface area contributed by atoms with Crippen molar-refractivity contribution >= 4 is 0 Å². The molecule has 0 saturated heterocycles. The van der Waals surface area contributed by atoms with Crippen LogP contribution >= 0.6 is 0 Å². The molecule has 2 heteroatoms. The summed E-state index contributed by atoms with van der Waals surface area (Å²) in [6.45, 7) is 2.51. The third-order valence-corrected chi connectivity index (χ3v) is 1.59. The smallest absolute Gasteiger partial charge is 0.0784 e. The van der Waals surface area contributed by atoms with Gasteiger partial charge in [-0.05, 0) is 31.9 Å². The van der Waals surface area contributed by atoms with Crippen molar-refractivity contribution in [1.82, 2.24) is 0 Å². The number of methoxy groups -OCH3 is 1. The van der Waals surface area contributed by atoms with Crippen molar-refractivity contribution < 1.29 is 4.74 Å². The van der Waals surface area contributed by atoms with Gasteiger partial charge in [0, 0.05) is 12.1 Å². The molecule has 0 radical (unpaired) electrons. The van der Waals surface area contributed by atoms with Crippen LogP contribution in [0, 0.1) is 0 Å². The van der Waals surface area contributed by atoms with Gasteiger partial charge in [-0.3, -0.25) is 0 Å². The van der Waals surface area contributed by atoms with Crippen molar-refractivity contribution in [2.45, 2.75) is 19.8 Å². The Morgan fingerprint density at radius 1 is 1.43 bits per heavy atom. The SMILES string of the molecule is CC=CC(=C=CCCC=COC)CN. The van der Waals surface area contributed by atoms with Crippen LogP contribution in [-0.2, 0) is 4.74 Å². The minimum Gasteiger partial charge on any atom is -0.505 e. The first kappa shape index (κ1) is 12.8. The number of rotatable bonds is 6. The Labute approximate surface area is 86.4 Å². The fourth-order valence-corrected chi connectivity index (χ4v) is 0.923. The third kappa shape index (κ3) is 7.41. The molecule has 0 aliphatic heterocycles. The zero-order valence-corrected chi connectivity index (χ0v) is 8.99. The number of hydrogen-bond acceptors (Lipinski definition) is 2. The minimum atomic E-state index is 0.536. The molecule has 0 saturated carbocycles. The highest BCUT2D eigenvalue weighted by Gasteiger charge is 1.82. The maximum Gasteiger partial charge on any atom is 0.0784 e. The van der Waals surface area contributed by atoms with E-state index in [1.54, 1.807) is 13.4 Å². The van der Waals surface area contributed by atoms with Crippen LogP contribution in [0.5, 0.6) is 0 Å². The van der Waals surface area contributed by atoms with Crippen LogP contribution in [0.15, 0.2) is 41.9 Å². The summed E-state index contributed by atoms with van der Waals surface area (Å²) in [7, 11) is 1.64. The van der Waals surface area contributed by atoms with E-state index in [1.807, 2.05) is 31.2 Å². The Morgan fingerprint density at radius 2 is 2.21 bits per heavy atom. The Hall–Kier alpha value is -1.24. The first-order chi connectivity index (χ1) is 6.85. The molecule has 0 atom stereocenters. The van der Waals surface area contributed by atoms with Crippen LogP contribution in [0.1, 0.15) is 19.8 Å². The summed E-state index contributed by atoms with van der Waals surface area (Å²) in [6.07, 6.45) is 11.5. The van der Waals surface area contributed by atoms with Crippen LogP contribution in [-0.4, -0.2) is 13.7 Å². The predicted molar refractivity (Wildman–Crippen MR) is 60.8 cm³/mol. The van der Waals surface area contributed by atoms with Gasteiger partial charge in [0.2, 0.25) is 0 Å². The van der Waals surface area contributed by atoms with Crippen molar-refractivity contribution in [2.24, 2.45) is 5.73 Å². The number of allylic oxidation sites excluding steroid dienone is 2. The van der Waals surface area contributed by atoms with Gasteiger partial charge in [0.1, 0.15) is 0 Å². The average Bonchev–Trinajstić information content (AvgIpc) is 2.21. The van der Waals surface area contributed by atoms with Gasteiger partial charge < -0.3 is 10.5 Å². The standard InChI is InChI=1S/C12H19NO/c1-3-8-12(11-13)9-6-4-5-7-10-14-2/h3,6-8,10H,4-5,11,13H2,1-2H3. The number of unbranched alkanes of at least 4 members (excludes halogenated alkanes) is 1. The molecular weight excluding hydrogens is 174 g/mol. The van der Waals surface area contributed by atoms with Crippen LogP contribution in [0.25, 0.3) is 0 Å². The predicted octanol–water partition coefficient (Wildman–Crippen LogP) is 2.54. The Kier molecular flexibility index (Phi) is 8.97. The summed E-state index contributed by atoms with van der Waals surface area (Å²) in [4.78, 5) is 0. The third-order valence-electron chi connectivity index (χ3n) is 1.59. The summed E-state index contributed by atoms with van der Waals surface area (Å²) >= 11 is 0. The van der Waals surface area contributed by atoms with Gasteiger partial charge in [-0.15, -0.1) is 5.73 Å². The molecule has 0 aliphatic carbocycles. The summed E-state index contributed by atoms with van der Waals surface area (Å²) in [5.74, 6) is 0. The fraction of sp³-hybridized carbons (Fsp3) is 0.417. The second-order valence-electron chi connectivity index (χ2n) is 2.76. The minimum absolute atomic E-state index is 0.536. The Morgan fingerprint density at radius 3 is 2.79 bits per heavy atom. The van der Waals surface area contributed by atoms with Gasteiger partial charge in [0.15, 0.2) is 0 Å². The first-order valence-electron chi connectivity index (χ1n) is 4.79. The molecule has 0 fully saturated rings. The topological polar surface area (TPSA) is 35.2 Å². The van der Waals surface area contributed by atoms with Gasteiger partial charge >= 0.3 is 0 Å². The number of nitrogens with two attached hydrogens (primary N) is 1. The molecule has 0 spiro atoms. The summed E-state index contributed by atoms with van der Waals surface area (Å²) in [5.41, 5.74) is 9.70. The molecule has 0 amide bonds. The second-order valence-corrected chi connectivity index (χ2v) is 2.76. The van der Waals surface area contributed by atoms with Crippen LogP contribution in [0.3, 0.4) is 0 Å². The molecule has 0 aromatic heterocycles. The maximum absolute atomic E-state index is 5.52. The molecule has 0 aliphatic rings. The van der Waals surface area contributed by atoms with Crippen molar-refractivity contribution in [2.75, 3.05) is 13.7 Å². The molecule has 14 heavy (non-hydrogen) atoms. The largest absolute Gasteiger partial charge is 0.505 e.